The zero-order chi connectivity index (χ0) is 13.0. The molecule has 3 nitrogen and oxygen atoms in total. The highest BCUT2D eigenvalue weighted by molar-refractivity contribution is 6.33. The maximum Gasteiger partial charge on any atom is 0.242 e. The van der Waals surface area contributed by atoms with E-state index in [1.54, 1.807) is 6.92 Å². The second kappa shape index (κ2) is 5.87. The Morgan fingerprint density at radius 3 is 2.59 bits per heavy atom. The van der Waals surface area contributed by atoms with Crippen molar-refractivity contribution in [1.29, 1.82) is 0 Å². The van der Waals surface area contributed by atoms with Crippen LogP contribution in [0.2, 0.25) is 5.02 Å². The molecule has 0 fully saturated rings. The molecule has 0 aliphatic rings. The molecular weight excluding hydrogens is 243 g/mol. The highest BCUT2D eigenvalue weighted by atomic mass is 35.5. The first-order chi connectivity index (χ1) is 7.90. The SMILES string of the molecule is CC(C)NC(=O)C(C)Nc1cc(F)ccc1Cl. The van der Waals surface area contributed by atoms with Crippen molar-refractivity contribution in [3.05, 3.63) is 29.0 Å². The summed E-state index contributed by atoms with van der Waals surface area (Å²) in [5, 5.41) is 6.02. The molecular formula is C12H16ClFN2O. The molecule has 0 bridgehead atoms. The van der Waals surface area contributed by atoms with Gasteiger partial charge in [0.2, 0.25) is 5.91 Å². The highest BCUT2D eigenvalue weighted by Crippen LogP contribution is 2.23. The number of anilines is 1. The molecule has 0 heterocycles. The summed E-state index contributed by atoms with van der Waals surface area (Å²) in [6, 6.07) is 3.58. The van der Waals surface area contributed by atoms with Crippen molar-refractivity contribution in [3.8, 4) is 0 Å². The Bertz CT molecular complexity index is 409. The van der Waals surface area contributed by atoms with Crippen LogP contribution in [0.1, 0.15) is 20.8 Å². The first-order valence-electron chi connectivity index (χ1n) is 5.42. The predicted molar refractivity (Wildman–Crippen MR) is 67.8 cm³/mol. The molecule has 0 saturated heterocycles. The van der Waals surface area contributed by atoms with Crippen molar-refractivity contribution in [1.82, 2.24) is 5.32 Å². The van der Waals surface area contributed by atoms with Crippen molar-refractivity contribution in [3.63, 3.8) is 0 Å². The van der Waals surface area contributed by atoms with Gasteiger partial charge in [-0.3, -0.25) is 4.79 Å². The number of amides is 1. The number of nitrogens with one attached hydrogen (secondary N) is 2. The van der Waals surface area contributed by atoms with Crippen LogP contribution >= 0.6 is 11.6 Å². The van der Waals surface area contributed by atoms with E-state index in [2.05, 4.69) is 10.6 Å². The van der Waals surface area contributed by atoms with Crippen molar-refractivity contribution >= 4 is 23.2 Å². The third kappa shape index (κ3) is 4.23. The molecule has 1 rings (SSSR count). The molecule has 1 unspecified atom stereocenters. The number of carbonyl (C=O) groups is 1. The average molecular weight is 259 g/mol. The fourth-order valence-electron chi connectivity index (χ4n) is 1.32. The van der Waals surface area contributed by atoms with Gasteiger partial charge in [0.15, 0.2) is 0 Å². The van der Waals surface area contributed by atoms with Gasteiger partial charge in [-0.15, -0.1) is 0 Å². The van der Waals surface area contributed by atoms with E-state index in [4.69, 9.17) is 11.6 Å². The predicted octanol–water partition coefficient (Wildman–Crippen LogP) is 2.80. The Morgan fingerprint density at radius 2 is 2.00 bits per heavy atom. The lowest BCUT2D eigenvalue weighted by atomic mass is 10.2. The minimum atomic E-state index is -0.475. The molecule has 1 amide bonds. The molecule has 0 spiro atoms. The fourth-order valence-corrected chi connectivity index (χ4v) is 1.49. The zero-order valence-electron chi connectivity index (χ0n) is 10.1. The van der Waals surface area contributed by atoms with Crippen LogP contribution in [-0.2, 0) is 4.79 Å². The third-order valence-electron chi connectivity index (χ3n) is 2.12. The van der Waals surface area contributed by atoms with Crippen LogP contribution in [0.25, 0.3) is 0 Å². The molecule has 0 aliphatic carbocycles. The number of benzene rings is 1. The summed E-state index contributed by atoms with van der Waals surface area (Å²) in [7, 11) is 0. The van der Waals surface area contributed by atoms with E-state index < -0.39 is 11.9 Å². The third-order valence-corrected chi connectivity index (χ3v) is 2.45. The lowest BCUT2D eigenvalue weighted by molar-refractivity contribution is -0.122. The quantitative estimate of drug-likeness (QED) is 0.872. The van der Waals surface area contributed by atoms with Gasteiger partial charge in [0, 0.05) is 6.04 Å². The number of carbonyl (C=O) groups excluding carboxylic acids is 1. The zero-order valence-corrected chi connectivity index (χ0v) is 10.8. The molecule has 1 aromatic carbocycles. The van der Waals surface area contributed by atoms with Crippen molar-refractivity contribution in [2.24, 2.45) is 0 Å². The van der Waals surface area contributed by atoms with Crippen molar-refractivity contribution in [2.45, 2.75) is 32.9 Å². The molecule has 94 valence electrons. The van der Waals surface area contributed by atoms with Gasteiger partial charge < -0.3 is 10.6 Å². The van der Waals surface area contributed by atoms with E-state index >= 15 is 0 Å². The van der Waals surface area contributed by atoms with E-state index in [1.807, 2.05) is 13.8 Å². The standard InChI is InChI=1S/C12H16ClFN2O/c1-7(2)15-12(17)8(3)16-11-6-9(14)4-5-10(11)13/h4-8,16H,1-3H3,(H,15,17). The lowest BCUT2D eigenvalue weighted by Gasteiger charge is -2.17. The second-order valence-electron chi connectivity index (χ2n) is 4.15. The van der Waals surface area contributed by atoms with Crippen LogP contribution in [0, 0.1) is 5.82 Å². The number of hydrogen-bond donors (Lipinski definition) is 2. The largest absolute Gasteiger partial charge is 0.373 e. The van der Waals surface area contributed by atoms with E-state index in [1.165, 1.54) is 18.2 Å². The number of halogens is 2. The van der Waals surface area contributed by atoms with Crippen molar-refractivity contribution < 1.29 is 9.18 Å². The van der Waals surface area contributed by atoms with E-state index in [0.717, 1.165) is 0 Å². The lowest BCUT2D eigenvalue weighted by Crippen LogP contribution is -2.41. The molecule has 5 heteroatoms. The summed E-state index contributed by atoms with van der Waals surface area (Å²) in [6.45, 7) is 5.44. The molecule has 17 heavy (non-hydrogen) atoms. The van der Waals surface area contributed by atoms with Gasteiger partial charge in [0.1, 0.15) is 11.9 Å². The maximum absolute atomic E-state index is 13.0. The molecule has 1 aromatic rings. The molecule has 1 atom stereocenters. The topological polar surface area (TPSA) is 41.1 Å². The van der Waals surface area contributed by atoms with Gasteiger partial charge in [0.05, 0.1) is 10.7 Å². The summed E-state index contributed by atoms with van der Waals surface area (Å²) in [5.41, 5.74) is 0.415. The fraction of sp³-hybridized carbons (Fsp3) is 0.417. The van der Waals surface area contributed by atoms with E-state index in [-0.39, 0.29) is 11.9 Å². The Morgan fingerprint density at radius 1 is 1.35 bits per heavy atom. The van der Waals surface area contributed by atoms with Gasteiger partial charge in [0.25, 0.3) is 0 Å². The summed E-state index contributed by atoms with van der Waals surface area (Å²) in [5.74, 6) is -0.548. The Kier molecular flexibility index (Phi) is 4.75. The van der Waals surface area contributed by atoms with E-state index in [0.29, 0.717) is 10.7 Å². The first kappa shape index (κ1) is 13.8. The van der Waals surface area contributed by atoms with Gasteiger partial charge in [-0.25, -0.2) is 4.39 Å². The smallest absolute Gasteiger partial charge is 0.242 e. The van der Waals surface area contributed by atoms with Crippen LogP contribution in [0.15, 0.2) is 18.2 Å². The van der Waals surface area contributed by atoms with Gasteiger partial charge >= 0.3 is 0 Å². The van der Waals surface area contributed by atoms with Crippen LogP contribution in [0.5, 0.6) is 0 Å². The minimum Gasteiger partial charge on any atom is -0.373 e. The molecule has 2 N–H and O–H groups in total. The molecule has 0 saturated carbocycles. The van der Waals surface area contributed by atoms with Crippen LogP contribution in [-0.4, -0.2) is 18.0 Å². The Balaban J connectivity index is 2.70. The van der Waals surface area contributed by atoms with Gasteiger partial charge in [-0.05, 0) is 39.0 Å². The normalized spacial score (nSPS) is 12.4. The Hall–Kier alpha value is -1.29. The average Bonchev–Trinajstić information content (AvgIpc) is 2.22. The van der Waals surface area contributed by atoms with Crippen LogP contribution < -0.4 is 10.6 Å². The number of rotatable bonds is 4. The summed E-state index contributed by atoms with van der Waals surface area (Å²) >= 11 is 5.89. The maximum atomic E-state index is 13.0. The summed E-state index contributed by atoms with van der Waals surface area (Å²) in [4.78, 5) is 11.6. The monoisotopic (exact) mass is 258 g/mol. The second-order valence-corrected chi connectivity index (χ2v) is 4.56. The van der Waals surface area contributed by atoms with Gasteiger partial charge in [-0.2, -0.15) is 0 Å². The summed E-state index contributed by atoms with van der Waals surface area (Å²) < 4.78 is 13.0. The molecule has 0 aromatic heterocycles. The molecule has 0 aliphatic heterocycles. The highest BCUT2D eigenvalue weighted by Gasteiger charge is 2.14. The van der Waals surface area contributed by atoms with E-state index in [9.17, 15) is 9.18 Å². The Labute approximate surface area is 105 Å². The first-order valence-corrected chi connectivity index (χ1v) is 5.80. The van der Waals surface area contributed by atoms with Crippen molar-refractivity contribution in [2.75, 3.05) is 5.32 Å². The summed E-state index contributed by atoms with van der Waals surface area (Å²) in [6.07, 6.45) is 0. The minimum absolute atomic E-state index is 0.0646. The van der Waals surface area contributed by atoms with Crippen LogP contribution in [0.4, 0.5) is 10.1 Å². The molecule has 0 radical (unpaired) electrons. The van der Waals surface area contributed by atoms with Gasteiger partial charge in [-0.1, -0.05) is 11.6 Å². The van der Waals surface area contributed by atoms with Crippen LogP contribution in [0.3, 0.4) is 0 Å². The number of hydrogen-bond acceptors (Lipinski definition) is 2.